The summed E-state index contributed by atoms with van der Waals surface area (Å²) in [5.74, 6) is -0.434. The number of likely N-dealkylation sites (tertiary alicyclic amines) is 1. The first-order chi connectivity index (χ1) is 18.9. The van der Waals surface area contributed by atoms with E-state index in [1.807, 2.05) is 30.3 Å². The van der Waals surface area contributed by atoms with Crippen molar-refractivity contribution in [1.29, 1.82) is 0 Å². The number of ether oxygens (including phenoxy) is 2. The summed E-state index contributed by atoms with van der Waals surface area (Å²) in [4.78, 5) is 2.21. The molecule has 8 heteroatoms. The molecule has 0 unspecified atom stereocenters. The van der Waals surface area contributed by atoms with Gasteiger partial charge in [-0.3, -0.25) is 9.29 Å². The minimum Gasteiger partial charge on any atom is -0.508 e. The van der Waals surface area contributed by atoms with Gasteiger partial charge in [-0.1, -0.05) is 24.3 Å². The van der Waals surface area contributed by atoms with Crippen molar-refractivity contribution in [2.24, 2.45) is 0 Å². The third-order valence-corrected chi connectivity index (χ3v) is 7.31. The summed E-state index contributed by atoms with van der Waals surface area (Å²) in [7, 11) is 0. The molecule has 39 heavy (non-hydrogen) atoms. The van der Waals surface area contributed by atoms with Gasteiger partial charge in [-0.15, -0.1) is 0 Å². The van der Waals surface area contributed by atoms with Crippen molar-refractivity contribution in [3.05, 3.63) is 88.7 Å². The maximum atomic E-state index is 14.7. The molecule has 0 radical (unpaired) electrons. The zero-order chi connectivity index (χ0) is 27.4. The molecule has 1 atom stereocenters. The number of hydrogen-bond donors (Lipinski definition) is 1. The number of alkyl halides is 3. The number of benzene rings is 3. The van der Waals surface area contributed by atoms with Gasteiger partial charge in [0.2, 0.25) is 0 Å². The Balaban J connectivity index is 1.48. The summed E-state index contributed by atoms with van der Waals surface area (Å²) in [6.45, 7) is -1.03. The quantitative estimate of drug-likeness (QED) is 0.290. The predicted molar refractivity (Wildman–Crippen MR) is 142 cm³/mol. The summed E-state index contributed by atoms with van der Waals surface area (Å²) in [6.07, 6.45) is 3.60. The molecule has 0 amide bonds. The summed E-state index contributed by atoms with van der Waals surface area (Å²) in [6, 6.07) is 17.1. The lowest BCUT2D eigenvalue weighted by Crippen LogP contribution is -2.26. The van der Waals surface area contributed by atoms with Crippen LogP contribution in [0.2, 0.25) is 0 Å². The summed E-state index contributed by atoms with van der Waals surface area (Å²) < 4.78 is 63.1. The fourth-order valence-corrected chi connectivity index (χ4v) is 5.54. The van der Waals surface area contributed by atoms with E-state index in [9.17, 15) is 22.7 Å². The van der Waals surface area contributed by atoms with Crippen LogP contribution in [0.5, 0.6) is 17.2 Å². The van der Waals surface area contributed by atoms with Gasteiger partial charge >= 0.3 is 6.61 Å². The maximum absolute atomic E-state index is 14.7. The Bertz CT molecular complexity index is 1330. The van der Waals surface area contributed by atoms with Crippen LogP contribution in [-0.4, -0.2) is 49.0 Å². The van der Waals surface area contributed by atoms with E-state index in [1.165, 1.54) is 12.1 Å². The van der Waals surface area contributed by atoms with Crippen LogP contribution >= 0.6 is 0 Å². The number of hydrogen-bond acceptors (Lipinski definition) is 4. The monoisotopic (exact) mass is 541 g/mol. The molecule has 0 spiro atoms. The van der Waals surface area contributed by atoms with Crippen LogP contribution in [0.1, 0.15) is 47.9 Å². The van der Waals surface area contributed by atoms with Crippen LogP contribution in [0, 0.1) is 5.82 Å². The highest BCUT2D eigenvalue weighted by Gasteiger charge is 2.25. The number of phenols is 1. The minimum absolute atomic E-state index is 0.0452. The van der Waals surface area contributed by atoms with Crippen LogP contribution in [-0.2, 0) is 6.42 Å². The molecule has 0 aromatic heterocycles. The number of allylic oxidation sites excluding steroid dienone is 1. The molecule has 1 heterocycles. The van der Waals surface area contributed by atoms with Crippen LogP contribution in [0.15, 0.2) is 60.7 Å². The van der Waals surface area contributed by atoms with Gasteiger partial charge in [0, 0.05) is 19.6 Å². The van der Waals surface area contributed by atoms with E-state index >= 15 is 0 Å². The molecule has 3 aromatic carbocycles. The van der Waals surface area contributed by atoms with Gasteiger partial charge in [0.25, 0.3) is 0 Å². The lowest BCUT2D eigenvalue weighted by molar-refractivity contribution is -0.0521. The number of phenolic OH excluding ortho intramolecular Hbond substituents is 1. The predicted octanol–water partition coefficient (Wildman–Crippen LogP) is 7.24. The second-order valence-electron chi connectivity index (χ2n) is 9.97. The van der Waals surface area contributed by atoms with E-state index in [0.717, 1.165) is 72.5 Å². The number of aryl methyl sites for hydroxylation is 1. The highest BCUT2D eigenvalue weighted by Crippen LogP contribution is 2.41. The molecule has 3 aromatic rings. The molecule has 206 valence electrons. The van der Waals surface area contributed by atoms with E-state index in [4.69, 9.17) is 4.74 Å². The molecular weight excluding hydrogens is 510 g/mol. The van der Waals surface area contributed by atoms with Gasteiger partial charge < -0.3 is 14.6 Å². The Morgan fingerprint density at radius 2 is 1.77 bits per heavy atom. The van der Waals surface area contributed by atoms with Crippen molar-refractivity contribution < 1.29 is 32.1 Å². The SMILES string of the molecule is Oc1ccc2c(c1)CCCC(c1ccc(OC(F)F)c(F)c1)=C2c1ccc(O[C@H]2CCN(CCCF)C2)cc1. The average molecular weight is 542 g/mol. The highest BCUT2D eigenvalue weighted by atomic mass is 19.3. The standard InChI is InChI=1S/C31H31F4NO3/c32-14-2-15-36-16-13-25(19-36)38-24-9-5-20(6-10-24)30-26(4-1-3-21-17-23(37)8-11-27(21)30)22-7-12-29(28(33)18-22)39-31(34)35/h5-12,17-18,25,31,37H,1-4,13-16,19H2/t25-/m0/s1. The van der Waals surface area contributed by atoms with Gasteiger partial charge in [0.05, 0.1) is 6.67 Å². The summed E-state index contributed by atoms with van der Waals surface area (Å²) in [5.41, 5.74) is 5.18. The number of halogens is 4. The third-order valence-electron chi connectivity index (χ3n) is 7.31. The fraction of sp³-hybridized carbons (Fsp3) is 0.355. The summed E-state index contributed by atoms with van der Waals surface area (Å²) >= 11 is 0. The highest BCUT2D eigenvalue weighted by molar-refractivity contribution is 6.00. The van der Waals surface area contributed by atoms with Gasteiger partial charge in [-0.2, -0.15) is 8.78 Å². The van der Waals surface area contributed by atoms with Crippen molar-refractivity contribution >= 4 is 11.1 Å². The molecule has 4 nitrogen and oxygen atoms in total. The number of fused-ring (bicyclic) bond motifs is 1. The van der Waals surface area contributed by atoms with E-state index in [2.05, 4.69) is 9.64 Å². The van der Waals surface area contributed by atoms with Crippen LogP contribution in [0.3, 0.4) is 0 Å². The normalized spacial score (nSPS) is 17.8. The van der Waals surface area contributed by atoms with Crippen LogP contribution < -0.4 is 9.47 Å². The summed E-state index contributed by atoms with van der Waals surface area (Å²) in [5, 5.41) is 10.1. The van der Waals surface area contributed by atoms with Crippen molar-refractivity contribution in [2.75, 3.05) is 26.3 Å². The van der Waals surface area contributed by atoms with Gasteiger partial charge in [0.15, 0.2) is 11.6 Å². The second-order valence-corrected chi connectivity index (χ2v) is 9.97. The van der Waals surface area contributed by atoms with Crippen LogP contribution in [0.4, 0.5) is 17.6 Å². The number of aromatic hydroxyl groups is 1. The molecule has 1 N–H and O–H groups in total. The molecule has 0 saturated carbocycles. The number of nitrogens with zero attached hydrogens (tertiary/aromatic N) is 1. The first-order valence-corrected chi connectivity index (χ1v) is 13.3. The molecule has 1 fully saturated rings. The van der Waals surface area contributed by atoms with E-state index in [0.29, 0.717) is 18.4 Å². The zero-order valence-electron chi connectivity index (χ0n) is 21.5. The third kappa shape index (κ3) is 6.38. The van der Waals surface area contributed by atoms with Crippen LogP contribution in [0.25, 0.3) is 11.1 Å². The smallest absolute Gasteiger partial charge is 0.387 e. The molecule has 0 bridgehead atoms. The van der Waals surface area contributed by atoms with Crippen molar-refractivity contribution in [3.8, 4) is 17.2 Å². The topological polar surface area (TPSA) is 41.9 Å². The first kappa shape index (κ1) is 27.1. The van der Waals surface area contributed by atoms with E-state index in [-0.39, 0.29) is 18.5 Å². The van der Waals surface area contributed by atoms with E-state index < -0.39 is 18.2 Å². The van der Waals surface area contributed by atoms with Gasteiger partial charge in [-0.25, -0.2) is 4.39 Å². The molecular formula is C31H31F4NO3. The second kappa shape index (κ2) is 12.1. The Hall–Kier alpha value is -3.52. The Kier molecular flexibility index (Phi) is 8.41. The van der Waals surface area contributed by atoms with E-state index in [1.54, 1.807) is 18.2 Å². The molecule has 1 aliphatic heterocycles. The number of rotatable bonds is 9. The average Bonchev–Trinajstić information content (AvgIpc) is 3.27. The Morgan fingerprint density at radius 1 is 0.974 bits per heavy atom. The zero-order valence-corrected chi connectivity index (χ0v) is 21.5. The molecule has 2 aliphatic rings. The van der Waals surface area contributed by atoms with Crippen molar-refractivity contribution in [2.45, 2.75) is 44.8 Å². The Labute approximate surface area is 225 Å². The fourth-order valence-electron chi connectivity index (χ4n) is 5.54. The largest absolute Gasteiger partial charge is 0.508 e. The Morgan fingerprint density at radius 3 is 2.51 bits per heavy atom. The molecule has 5 rings (SSSR count). The first-order valence-electron chi connectivity index (χ1n) is 13.3. The maximum Gasteiger partial charge on any atom is 0.387 e. The van der Waals surface area contributed by atoms with Gasteiger partial charge in [0.1, 0.15) is 17.6 Å². The van der Waals surface area contributed by atoms with Gasteiger partial charge in [-0.05, 0) is 102 Å². The van der Waals surface area contributed by atoms with Crippen molar-refractivity contribution in [3.63, 3.8) is 0 Å². The lowest BCUT2D eigenvalue weighted by Gasteiger charge is -2.19. The molecule has 1 aliphatic carbocycles. The molecule has 1 saturated heterocycles. The lowest BCUT2D eigenvalue weighted by atomic mass is 9.87. The minimum atomic E-state index is -3.11. The van der Waals surface area contributed by atoms with Crippen molar-refractivity contribution in [1.82, 2.24) is 4.90 Å².